The predicted molar refractivity (Wildman–Crippen MR) is 80.9 cm³/mol. The fourth-order valence-corrected chi connectivity index (χ4v) is 4.17. The summed E-state index contributed by atoms with van der Waals surface area (Å²) in [7, 11) is 0. The predicted octanol–water partition coefficient (Wildman–Crippen LogP) is 3.72. The smallest absolute Gasteiger partial charge is 0.0969 e. The third-order valence-corrected chi connectivity index (χ3v) is 5.52. The molecule has 1 saturated heterocycles. The van der Waals surface area contributed by atoms with E-state index in [1.807, 2.05) is 11.3 Å². The number of rotatable bonds is 3. The molecule has 2 fully saturated rings. The summed E-state index contributed by atoms with van der Waals surface area (Å²) in [5.74, 6) is 1.59. The van der Waals surface area contributed by atoms with Crippen molar-refractivity contribution in [1.29, 1.82) is 0 Å². The van der Waals surface area contributed by atoms with Gasteiger partial charge in [0.15, 0.2) is 0 Å². The Morgan fingerprint density at radius 1 is 1.26 bits per heavy atom. The molecule has 2 aliphatic rings. The second-order valence-corrected chi connectivity index (χ2v) is 7.11. The minimum Gasteiger partial charge on any atom is -0.316 e. The lowest BCUT2D eigenvalue weighted by atomic mass is 9.92. The van der Waals surface area contributed by atoms with Crippen molar-refractivity contribution in [2.75, 3.05) is 13.1 Å². The van der Waals surface area contributed by atoms with E-state index in [0.29, 0.717) is 0 Å². The molecule has 1 saturated carbocycles. The van der Waals surface area contributed by atoms with Gasteiger partial charge in [-0.2, -0.15) is 0 Å². The van der Waals surface area contributed by atoms with Gasteiger partial charge in [0.25, 0.3) is 0 Å². The minimum absolute atomic E-state index is 0.781. The fraction of sp³-hybridized carbons (Fsp3) is 0.562. The number of thiazole rings is 1. The molecule has 1 N–H and O–H groups in total. The van der Waals surface area contributed by atoms with Crippen LogP contribution >= 0.6 is 11.3 Å². The topological polar surface area (TPSA) is 24.9 Å². The standard InChI is InChI=1S/C16H20N2S/c1-2-12(10-17-7-1)8-11-3-6-15-14(9-11)18-16(19-15)13-4-5-13/h3,6,9,12-13,17H,1-2,4-5,7-8,10H2. The Morgan fingerprint density at radius 2 is 2.21 bits per heavy atom. The van der Waals surface area contributed by atoms with Crippen LogP contribution < -0.4 is 5.32 Å². The Labute approximate surface area is 118 Å². The maximum atomic E-state index is 4.83. The Kier molecular flexibility index (Phi) is 3.04. The zero-order valence-corrected chi connectivity index (χ0v) is 12.0. The molecule has 100 valence electrons. The summed E-state index contributed by atoms with van der Waals surface area (Å²) in [6, 6.07) is 6.92. The van der Waals surface area contributed by atoms with E-state index in [1.165, 1.54) is 66.0 Å². The first-order chi connectivity index (χ1) is 9.38. The van der Waals surface area contributed by atoms with Crippen LogP contribution in [0.25, 0.3) is 10.2 Å². The number of hydrogen-bond acceptors (Lipinski definition) is 3. The Balaban J connectivity index is 1.56. The molecule has 2 nitrogen and oxygen atoms in total. The highest BCUT2D eigenvalue weighted by atomic mass is 32.1. The minimum atomic E-state index is 0.781. The van der Waals surface area contributed by atoms with Crippen LogP contribution in [0.3, 0.4) is 0 Å². The number of nitrogens with zero attached hydrogens (tertiary/aromatic N) is 1. The van der Waals surface area contributed by atoms with Crippen LogP contribution in [0.1, 0.15) is 42.2 Å². The van der Waals surface area contributed by atoms with Crippen molar-refractivity contribution >= 4 is 21.6 Å². The first-order valence-electron chi connectivity index (χ1n) is 7.48. The molecule has 1 unspecified atom stereocenters. The highest BCUT2D eigenvalue weighted by molar-refractivity contribution is 7.18. The molecular formula is C16H20N2S. The second kappa shape index (κ2) is 4.88. The van der Waals surface area contributed by atoms with E-state index in [1.54, 1.807) is 0 Å². The van der Waals surface area contributed by atoms with E-state index in [4.69, 9.17) is 4.98 Å². The normalized spacial score (nSPS) is 23.9. The van der Waals surface area contributed by atoms with Crippen molar-refractivity contribution in [1.82, 2.24) is 10.3 Å². The van der Waals surface area contributed by atoms with Gasteiger partial charge in [-0.05, 0) is 68.8 Å². The lowest BCUT2D eigenvalue weighted by molar-refractivity contribution is 0.376. The van der Waals surface area contributed by atoms with E-state index in [0.717, 1.165) is 11.8 Å². The van der Waals surface area contributed by atoms with E-state index >= 15 is 0 Å². The summed E-state index contributed by atoms with van der Waals surface area (Å²) in [4.78, 5) is 4.83. The van der Waals surface area contributed by atoms with Gasteiger partial charge in [0, 0.05) is 5.92 Å². The number of benzene rings is 1. The van der Waals surface area contributed by atoms with Gasteiger partial charge in [-0.1, -0.05) is 6.07 Å². The van der Waals surface area contributed by atoms with Crippen molar-refractivity contribution in [2.45, 2.75) is 38.0 Å². The van der Waals surface area contributed by atoms with E-state index in [-0.39, 0.29) is 0 Å². The molecule has 19 heavy (non-hydrogen) atoms. The van der Waals surface area contributed by atoms with Gasteiger partial charge in [0.05, 0.1) is 15.2 Å². The number of aromatic nitrogens is 1. The van der Waals surface area contributed by atoms with Gasteiger partial charge in [-0.15, -0.1) is 11.3 Å². The number of fused-ring (bicyclic) bond motifs is 1. The van der Waals surface area contributed by atoms with Crippen LogP contribution in [-0.4, -0.2) is 18.1 Å². The Morgan fingerprint density at radius 3 is 3.00 bits per heavy atom. The molecule has 2 heterocycles. The molecule has 1 atom stereocenters. The Bertz CT molecular complexity index is 579. The molecule has 0 amide bonds. The van der Waals surface area contributed by atoms with Crippen LogP contribution in [0.15, 0.2) is 18.2 Å². The monoisotopic (exact) mass is 272 g/mol. The SMILES string of the molecule is c1cc2sc(C3CC3)nc2cc1CC1CCCNC1. The lowest BCUT2D eigenvalue weighted by Gasteiger charge is -2.22. The first-order valence-corrected chi connectivity index (χ1v) is 8.30. The second-order valence-electron chi connectivity index (χ2n) is 6.04. The molecule has 1 aromatic carbocycles. The highest BCUT2D eigenvalue weighted by Gasteiger charge is 2.27. The quantitative estimate of drug-likeness (QED) is 0.921. The average molecular weight is 272 g/mol. The van der Waals surface area contributed by atoms with Crippen LogP contribution in [0.4, 0.5) is 0 Å². The molecule has 1 aromatic heterocycles. The summed E-state index contributed by atoms with van der Waals surface area (Å²) < 4.78 is 1.37. The van der Waals surface area contributed by atoms with Crippen molar-refractivity contribution in [3.05, 3.63) is 28.8 Å². The molecule has 1 aliphatic heterocycles. The molecule has 3 heteroatoms. The van der Waals surface area contributed by atoms with Gasteiger partial charge in [0.1, 0.15) is 0 Å². The van der Waals surface area contributed by atoms with Crippen LogP contribution in [0, 0.1) is 5.92 Å². The van der Waals surface area contributed by atoms with Crippen LogP contribution in [-0.2, 0) is 6.42 Å². The van der Waals surface area contributed by atoms with E-state index < -0.39 is 0 Å². The molecule has 2 aromatic rings. The van der Waals surface area contributed by atoms with E-state index in [2.05, 4.69) is 23.5 Å². The molecular weight excluding hydrogens is 252 g/mol. The number of hydrogen-bond donors (Lipinski definition) is 1. The van der Waals surface area contributed by atoms with Crippen LogP contribution in [0.5, 0.6) is 0 Å². The number of piperidine rings is 1. The van der Waals surface area contributed by atoms with Gasteiger partial charge >= 0.3 is 0 Å². The van der Waals surface area contributed by atoms with E-state index in [9.17, 15) is 0 Å². The van der Waals surface area contributed by atoms with Crippen molar-refractivity contribution in [3.8, 4) is 0 Å². The van der Waals surface area contributed by atoms with Crippen LogP contribution in [0.2, 0.25) is 0 Å². The highest BCUT2D eigenvalue weighted by Crippen LogP contribution is 2.43. The summed E-state index contributed by atoms with van der Waals surface area (Å²) in [5.41, 5.74) is 2.70. The molecule has 0 spiro atoms. The van der Waals surface area contributed by atoms with Crippen molar-refractivity contribution in [2.24, 2.45) is 5.92 Å². The van der Waals surface area contributed by atoms with Gasteiger partial charge < -0.3 is 5.32 Å². The largest absolute Gasteiger partial charge is 0.316 e. The molecule has 1 aliphatic carbocycles. The lowest BCUT2D eigenvalue weighted by Crippen LogP contribution is -2.30. The molecule has 0 radical (unpaired) electrons. The average Bonchev–Trinajstić information content (AvgIpc) is 3.20. The molecule has 0 bridgehead atoms. The zero-order valence-electron chi connectivity index (χ0n) is 11.2. The Hall–Kier alpha value is -0.930. The van der Waals surface area contributed by atoms with Gasteiger partial charge in [-0.3, -0.25) is 0 Å². The first kappa shape index (κ1) is 11.9. The summed E-state index contributed by atoms with van der Waals surface area (Å²) >= 11 is 1.90. The van der Waals surface area contributed by atoms with Crippen molar-refractivity contribution in [3.63, 3.8) is 0 Å². The summed E-state index contributed by atoms with van der Waals surface area (Å²) in [6.07, 6.45) is 6.60. The maximum absolute atomic E-state index is 4.83. The third kappa shape index (κ3) is 2.54. The summed E-state index contributed by atoms with van der Waals surface area (Å²) in [6.45, 7) is 2.38. The zero-order chi connectivity index (χ0) is 12.7. The van der Waals surface area contributed by atoms with Crippen molar-refractivity contribution < 1.29 is 0 Å². The third-order valence-electron chi connectivity index (χ3n) is 4.32. The number of nitrogens with one attached hydrogen (secondary N) is 1. The van der Waals surface area contributed by atoms with Gasteiger partial charge in [0.2, 0.25) is 0 Å². The molecule has 4 rings (SSSR count). The fourth-order valence-electron chi connectivity index (χ4n) is 3.05. The summed E-state index contributed by atoms with van der Waals surface area (Å²) in [5, 5.41) is 4.87. The van der Waals surface area contributed by atoms with Gasteiger partial charge in [-0.25, -0.2) is 4.98 Å². The maximum Gasteiger partial charge on any atom is 0.0969 e.